The molecule has 2 amide bonds. The van der Waals surface area contributed by atoms with Crippen LogP contribution in [0.25, 0.3) is 0 Å². The van der Waals surface area contributed by atoms with Crippen LogP contribution in [0.15, 0.2) is 46.9 Å². The maximum Gasteiger partial charge on any atom is 0.251 e. The molecular formula is C18H17BrClFN2O2. The van der Waals surface area contributed by atoms with Crippen molar-refractivity contribution in [3.8, 4) is 0 Å². The number of hydrogen-bond donors (Lipinski definition) is 2. The van der Waals surface area contributed by atoms with Crippen molar-refractivity contribution in [1.29, 1.82) is 0 Å². The van der Waals surface area contributed by atoms with E-state index in [4.69, 9.17) is 11.6 Å². The molecule has 0 radical (unpaired) electrons. The number of carbonyl (C=O) groups excluding carboxylic acids is 2. The third-order valence-corrected chi connectivity index (χ3v) is 4.29. The molecule has 0 unspecified atom stereocenters. The summed E-state index contributed by atoms with van der Waals surface area (Å²) in [4.78, 5) is 24.8. The summed E-state index contributed by atoms with van der Waals surface area (Å²) in [5.41, 5.74) is 0.442. The molecule has 0 aliphatic heterocycles. The number of halogens is 3. The first-order valence-electron chi connectivity index (χ1n) is 7.60. The lowest BCUT2D eigenvalue weighted by Crippen LogP contribution is -2.47. The molecule has 2 aromatic rings. The summed E-state index contributed by atoms with van der Waals surface area (Å²) in [5, 5.41) is 5.41. The van der Waals surface area contributed by atoms with E-state index in [1.165, 1.54) is 12.1 Å². The molecule has 0 fully saturated rings. The number of hydrogen-bond acceptors (Lipinski definition) is 2. The van der Waals surface area contributed by atoms with E-state index in [-0.39, 0.29) is 22.5 Å². The maximum absolute atomic E-state index is 13.8. The van der Waals surface area contributed by atoms with Gasteiger partial charge in [-0.25, -0.2) is 4.39 Å². The average molecular weight is 428 g/mol. The van der Waals surface area contributed by atoms with Gasteiger partial charge in [0.2, 0.25) is 5.91 Å². The summed E-state index contributed by atoms with van der Waals surface area (Å²) in [6.07, 6.45) is 0. The number of rotatable bonds is 5. The van der Waals surface area contributed by atoms with Crippen LogP contribution in [0.4, 0.5) is 10.1 Å². The Morgan fingerprint density at radius 3 is 2.32 bits per heavy atom. The molecule has 0 spiro atoms. The highest BCUT2D eigenvalue weighted by Crippen LogP contribution is 2.20. The van der Waals surface area contributed by atoms with Crippen molar-refractivity contribution in [2.75, 3.05) is 5.32 Å². The zero-order chi connectivity index (χ0) is 18.6. The van der Waals surface area contributed by atoms with Crippen molar-refractivity contribution in [3.05, 3.63) is 63.3 Å². The molecule has 0 aliphatic carbocycles. The third-order valence-electron chi connectivity index (χ3n) is 3.53. The lowest BCUT2D eigenvalue weighted by atomic mass is 10.0. The van der Waals surface area contributed by atoms with Gasteiger partial charge in [-0.15, -0.1) is 0 Å². The van der Waals surface area contributed by atoms with E-state index in [9.17, 15) is 14.0 Å². The molecule has 2 rings (SSSR count). The number of anilines is 1. The molecule has 132 valence electrons. The Morgan fingerprint density at radius 1 is 1.12 bits per heavy atom. The van der Waals surface area contributed by atoms with E-state index in [1.54, 1.807) is 38.1 Å². The molecule has 0 heterocycles. The van der Waals surface area contributed by atoms with Crippen LogP contribution >= 0.6 is 27.5 Å². The van der Waals surface area contributed by atoms with E-state index in [0.717, 1.165) is 10.5 Å². The van der Waals surface area contributed by atoms with E-state index in [1.807, 2.05) is 0 Å². The second kappa shape index (κ2) is 8.45. The SMILES string of the molecule is CC(C)[C@@H](NC(=O)c1ccc(Br)cc1)C(=O)Nc1ccc(Cl)cc1F. The Morgan fingerprint density at radius 2 is 1.76 bits per heavy atom. The van der Waals surface area contributed by atoms with Gasteiger partial charge in [0.25, 0.3) is 5.91 Å². The molecule has 2 N–H and O–H groups in total. The molecule has 1 atom stereocenters. The molecule has 2 aromatic carbocycles. The van der Waals surface area contributed by atoms with E-state index in [0.29, 0.717) is 5.56 Å². The van der Waals surface area contributed by atoms with Crippen LogP contribution in [0, 0.1) is 11.7 Å². The van der Waals surface area contributed by atoms with Crippen molar-refractivity contribution >= 4 is 45.0 Å². The smallest absolute Gasteiger partial charge is 0.251 e. The maximum atomic E-state index is 13.8. The van der Waals surface area contributed by atoms with Gasteiger partial charge >= 0.3 is 0 Å². The second-order valence-corrected chi connectivity index (χ2v) is 7.17. The summed E-state index contributed by atoms with van der Waals surface area (Å²) in [6, 6.07) is 9.92. The Labute approximate surface area is 158 Å². The highest BCUT2D eigenvalue weighted by molar-refractivity contribution is 9.10. The van der Waals surface area contributed by atoms with E-state index < -0.39 is 17.8 Å². The number of amides is 2. The van der Waals surface area contributed by atoms with Gasteiger partial charge in [0, 0.05) is 15.1 Å². The van der Waals surface area contributed by atoms with Gasteiger partial charge in [-0.3, -0.25) is 9.59 Å². The quantitative estimate of drug-likeness (QED) is 0.730. The fourth-order valence-electron chi connectivity index (χ4n) is 2.16. The summed E-state index contributed by atoms with van der Waals surface area (Å²) in [7, 11) is 0. The molecule has 4 nitrogen and oxygen atoms in total. The minimum atomic E-state index is -0.814. The van der Waals surface area contributed by atoms with Gasteiger partial charge in [0.1, 0.15) is 11.9 Å². The molecular weight excluding hydrogens is 411 g/mol. The van der Waals surface area contributed by atoms with Crippen LogP contribution in [0.3, 0.4) is 0 Å². The molecule has 0 saturated carbocycles. The lowest BCUT2D eigenvalue weighted by molar-refractivity contribution is -0.118. The molecule has 25 heavy (non-hydrogen) atoms. The van der Waals surface area contributed by atoms with Gasteiger partial charge in [-0.1, -0.05) is 41.4 Å². The molecule has 7 heteroatoms. The van der Waals surface area contributed by atoms with Crippen LogP contribution in [0.5, 0.6) is 0 Å². The van der Waals surface area contributed by atoms with Crippen molar-refractivity contribution in [2.45, 2.75) is 19.9 Å². The van der Waals surface area contributed by atoms with Crippen molar-refractivity contribution < 1.29 is 14.0 Å². The fourth-order valence-corrected chi connectivity index (χ4v) is 2.59. The third kappa shape index (κ3) is 5.28. The van der Waals surface area contributed by atoms with Gasteiger partial charge in [-0.2, -0.15) is 0 Å². The van der Waals surface area contributed by atoms with E-state index in [2.05, 4.69) is 26.6 Å². The molecule has 0 bridgehead atoms. The van der Waals surface area contributed by atoms with Gasteiger partial charge in [0.15, 0.2) is 0 Å². The monoisotopic (exact) mass is 426 g/mol. The van der Waals surface area contributed by atoms with Crippen LogP contribution in [0.2, 0.25) is 5.02 Å². The first-order chi connectivity index (χ1) is 11.8. The van der Waals surface area contributed by atoms with Crippen molar-refractivity contribution in [3.63, 3.8) is 0 Å². The fraction of sp³-hybridized carbons (Fsp3) is 0.222. The summed E-state index contributed by atoms with van der Waals surface area (Å²) in [5.74, 6) is -1.70. The van der Waals surface area contributed by atoms with Crippen LogP contribution in [-0.2, 0) is 4.79 Å². The topological polar surface area (TPSA) is 58.2 Å². The zero-order valence-electron chi connectivity index (χ0n) is 13.6. The summed E-state index contributed by atoms with van der Waals surface area (Å²) in [6.45, 7) is 3.59. The number of carbonyl (C=O) groups is 2. The van der Waals surface area contributed by atoms with Gasteiger partial charge < -0.3 is 10.6 Å². The van der Waals surface area contributed by atoms with Crippen LogP contribution in [0.1, 0.15) is 24.2 Å². The lowest BCUT2D eigenvalue weighted by Gasteiger charge is -2.22. The predicted octanol–water partition coefficient (Wildman–Crippen LogP) is 4.63. The van der Waals surface area contributed by atoms with Crippen LogP contribution in [-0.4, -0.2) is 17.9 Å². The average Bonchev–Trinajstić information content (AvgIpc) is 2.55. The number of benzene rings is 2. The minimum Gasteiger partial charge on any atom is -0.340 e. The second-order valence-electron chi connectivity index (χ2n) is 5.82. The van der Waals surface area contributed by atoms with Gasteiger partial charge in [-0.05, 0) is 48.4 Å². The first-order valence-corrected chi connectivity index (χ1v) is 8.77. The molecule has 0 saturated heterocycles. The number of nitrogens with one attached hydrogen (secondary N) is 2. The minimum absolute atomic E-state index is 0.0120. The van der Waals surface area contributed by atoms with Crippen LogP contribution < -0.4 is 10.6 Å². The summed E-state index contributed by atoms with van der Waals surface area (Å²) < 4.78 is 14.7. The van der Waals surface area contributed by atoms with Crippen molar-refractivity contribution in [2.24, 2.45) is 5.92 Å². The Bertz CT molecular complexity index is 781. The van der Waals surface area contributed by atoms with Gasteiger partial charge in [0.05, 0.1) is 5.69 Å². The molecule has 0 aromatic heterocycles. The largest absolute Gasteiger partial charge is 0.340 e. The standard InChI is InChI=1S/C18H17BrClFN2O2/c1-10(2)16(23-17(24)11-3-5-12(19)6-4-11)18(25)22-15-8-7-13(20)9-14(15)21/h3-10,16H,1-2H3,(H,22,25)(H,23,24)/t16-/m1/s1. The highest BCUT2D eigenvalue weighted by Gasteiger charge is 2.25. The Balaban J connectivity index is 2.12. The summed E-state index contributed by atoms with van der Waals surface area (Å²) >= 11 is 9.00. The Kier molecular flexibility index (Phi) is 6.56. The predicted molar refractivity (Wildman–Crippen MR) is 100 cm³/mol. The highest BCUT2D eigenvalue weighted by atomic mass is 79.9. The van der Waals surface area contributed by atoms with Crippen molar-refractivity contribution in [1.82, 2.24) is 5.32 Å². The first kappa shape index (κ1) is 19.4. The molecule has 0 aliphatic rings. The van der Waals surface area contributed by atoms with E-state index >= 15 is 0 Å². The zero-order valence-corrected chi connectivity index (χ0v) is 16.0. The normalized spacial score (nSPS) is 11.9. The Hall–Kier alpha value is -1.92.